The minimum absolute atomic E-state index is 0.111. The number of hydrogen-bond donors (Lipinski definition) is 1. The Morgan fingerprint density at radius 1 is 1.12 bits per heavy atom. The molecule has 0 radical (unpaired) electrons. The Balaban J connectivity index is 2.52. The maximum absolute atomic E-state index is 11.5. The summed E-state index contributed by atoms with van der Waals surface area (Å²) in [4.78, 5) is 33.6. The van der Waals surface area contributed by atoms with Crippen molar-refractivity contribution in [2.75, 3.05) is 5.33 Å². The lowest BCUT2D eigenvalue weighted by Gasteiger charge is -2.02. The van der Waals surface area contributed by atoms with Gasteiger partial charge in [0.1, 0.15) is 0 Å². The second-order valence-electron chi connectivity index (χ2n) is 3.09. The third-order valence-corrected chi connectivity index (χ3v) is 2.42. The van der Waals surface area contributed by atoms with Crippen LogP contribution in [0.5, 0.6) is 0 Å². The van der Waals surface area contributed by atoms with E-state index in [9.17, 15) is 14.4 Å². The van der Waals surface area contributed by atoms with Crippen LogP contribution in [0.15, 0.2) is 30.3 Å². The standard InChI is InChI=1S/C11H10BrNO3/c12-7-9(14)6-10(15)13-11(16)8-4-2-1-3-5-8/h1-5H,6-7H2,(H,13,15,16). The highest BCUT2D eigenvalue weighted by Gasteiger charge is 2.12. The largest absolute Gasteiger partial charge is 0.298 e. The highest BCUT2D eigenvalue weighted by Crippen LogP contribution is 1.98. The summed E-state index contributed by atoms with van der Waals surface area (Å²) in [5.74, 6) is -1.34. The molecular weight excluding hydrogens is 274 g/mol. The summed E-state index contributed by atoms with van der Waals surface area (Å²) in [7, 11) is 0. The molecule has 0 heterocycles. The molecule has 0 aliphatic carbocycles. The number of Topliss-reactive ketones (excluding diaryl/α,β-unsaturated/α-hetero) is 1. The highest BCUT2D eigenvalue weighted by atomic mass is 79.9. The summed E-state index contributed by atoms with van der Waals surface area (Å²) in [6.45, 7) is 0. The molecule has 0 aliphatic rings. The number of ketones is 1. The van der Waals surface area contributed by atoms with Gasteiger partial charge in [-0.15, -0.1) is 0 Å². The minimum atomic E-state index is -0.585. The molecule has 5 heteroatoms. The fourth-order valence-electron chi connectivity index (χ4n) is 1.06. The molecule has 1 aromatic rings. The van der Waals surface area contributed by atoms with E-state index in [1.807, 2.05) is 0 Å². The molecule has 0 bridgehead atoms. The lowest BCUT2D eigenvalue weighted by molar-refractivity contribution is -0.126. The van der Waals surface area contributed by atoms with Crippen LogP contribution in [-0.2, 0) is 9.59 Å². The van der Waals surface area contributed by atoms with Gasteiger partial charge in [-0.2, -0.15) is 0 Å². The van der Waals surface area contributed by atoms with E-state index in [1.54, 1.807) is 30.3 Å². The zero-order valence-corrected chi connectivity index (χ0v) is 9.99. The van der Waals surface area contributed by atoms with Gasteiger partial charge in [-0.1, -0.05) is 34.1 Å². The summed E-state index contributed by atoms with van der Waals surface area (Å²) in [6.07, 6.45) is -0.288. The van der Waals surface area contributed by atoms with Crippen molar-refractivity contribution in [2.24, 2.45) is 0 Å². The molecule has 0 fully saturated rings. The zero-order chi connectivity index (χ0) is 12.0. The predicted molar refractivity (Wildman–Crippen MR) is 62.3 cm³/mol. The number of rotatable bonds is 4. The number of benzene rings is 1. The Morgan fingerprint density at radius 2 is 1.75 bits per heavy atom. The van der Waals surface area contributed by atoms with Crippen molar-refractivity contribution in [1.82, 2.24) is 5.32 Å². The fourth-order valence-corrected chi connectivity index (χ4v) is 1.26. The smallest absolute Gasteiger partial charge is 0.257 e. The maximum atomic E-state index is 11.5. The second kappa shape index (κ2) is 6.17. The molecule has 0 saturated carbocycles. The number of amides is 2. The van der Waals surface area contributed by atoms with Gasteiger partial charge in [0.05, 0.1) is 11.8 Å². The first-order chi connectivity index (χ1) is 7.63. The molecule has 0 aromatic heterocycles. The van der Waals surface area contributed by atoms with Crippen molar-refractivity contribution in [1.29, 1.82) is 0 Å². The average Bonchev–Trinajstić information content (AvgIpc) is 2.29. The van der Waals surface area contributed by atoms with Crippen molar-refractivity contribution in [3.8, 4) is 0 Å². The van der Waals surface area contributed by atoms with Gasteiger partial charge in [0.15, 0.2) is 5.78 Å². The van der Waals surface area contributed by atoms with Crippen molar-refractivity contribution in [3.05, 3.63) is 35.9 Å². The number of carbonyl (C=O) groups excluding carboxylic acids is 3. The zero-order valence-electron chi connectivity index (χ0n) is 8.40. The van der Waals surface area contributed by atoms with Gasteiger partial charge in [-0.25, -0.2) is 0 Å². The van der Waals surface area contributed by atoms with Crippen LogP contribution in [0, 0.1) is 0 Å². The van der Waals surface area contributed by atoms with Crippen LogP contribution < -0.4 is 5.32 Å². The minimum Gasteiger partial charge on any atom is -0.298 e. The molecule has 1 aromatic carbocycles. The summed E-state index contributed by atoms with van der Waals surface area (Å²) in [5.41, 5.74) is 0.391. The van der Waals surface area contributed by atoms with Gasteiger partial charge in [0.2, 0.25) is 5.91 Å². The van der Waals surface area contributed by atoms with E-state index in [0.29, 0.717) is 5.56 Å². The van der Waals surface area contributed by atoms with E-state index in [2.05, 4.69) is 21.2 Å². The summed E-state index contributed by atoms with van der Waals surface area (Å²) in [6, 6.07) is 8.35. The van der Waals surface area contributed by atoms with Crippen molar-refractivity contribution >= 4 is 33.5 Å². The van der Waals surface area contributed by atoms with Crippen molar-refractivity contribution in [3.63, 3.8) is 0 Å². The van der Waals surface area contributed by atoms with Crippen molar-refractivity contribution in [2.45, 2.75) is 6.42 Å². The predicted octanol–water partition coefficient (Wildman–Crippen LogP) is 1.30. The number of hydrogen-bond acceptors (Lipinski definition) is 3. The highest BCUT2D eigenvalue weighted by molar-refractivity contribution is 9.09. The quantitative estimate of drug-likeness (QED) is 0.669. The van der Waals surface area contributed by atoms with E-state index in [-0.39, 0.29) is 17.5 Å². The fraction of sp³-hybridized carbons (Fsp3) is 0.182. The first kappa shape index (κ1) is 12.6. The molecule has 0 aliphatic heterocycles. The van der Waals surface area contributed by atoms with E-state index < -0.39 is 11.8 Å². The Labute approximate surface area is 101 Å². The Kier molecular flexibility index (Phi) is 4.85. The van der Waals surface area contributed by atoms with E-state index in [1.165, 1.54) is 0 Å². The van der Waals surface area contributed by atoms with Crippen LogP contribution in [0.3, 0.4) is 0 Å². The Morgan fingerprint density at radius 3 is 2.31 bits per heavy atom. The molecular formula is C11H10BrNO3. The number of imide groups is 1. The molecule has 84 valence electrons. The lowest BCUT2D eigenvalue weighted by atomic mass is 10.2. The van der Waals surface area contributed by atoms with E-state index in [0.717, 1.165) is 0 Å². The van der Waals surface area contributed by atoms with Crippen molar-refractivity contribution < 1.29 is 14.4 Å². The van der Waals surface area contributed by atoms with Crippen LogP contribution in [0.25, 0.3) is 0 Å². The van der Waals surface area contributed by atoms with Gasteiger partial charge >= 0.3 is 0 Å². The number of nitrogens with one attached hydrogen (secondary N) is 1. The first-order valence-electron chi connectivity index (χ1n) is 4.60. The van der Waals surface area contributed by atoms with Gasteiger partial charge in [-0.05, 0) is 12.1 Å². The molecule has 16 heavy (non-hydrogen) atoms. The second-order valence-corrected chi connectivity index (χ2v) is 3.65. The van der Waals surface area contributed by atoms with Crippen LogP contribution in [0.4, 0.5) is 0 Å². The third-order valence-electron chi connectivity index (χ3n) is 1.80. The number of alkyl halides is 1. The van der Waals surface area contributed by atoms with Crippen LogP contribution in [0.1, 0.15) is 16.8 Å². The monoisotopic (exact) mass is 283 g/mol. The molecule has 1 rings (SSSR count). The number of carbonyl (C=O) groups is 3. The summed E-state index contributed by atoms with van der Waals surface area (Å²) in [5, 5.41) is 2.25. The first-order valence-corrected chi connectivity index (χ1v) is 5.72. The molecule has 0 atom stereocenters. The summed E-state index contributed by atoms with van der Waals surface area (Å²) < 4.78 is 0. The Hall–Kier alpha value is -1.49. The van der Waals surface area contributed by atoms with Gasteiger partial charge in [0.25, 0.3) is 5.91 Å². The average molecular weight is 284 g/mol. The number of halogens is 1. The van der Waals surface area contributed by atoms with Crippen LogP contribution >= 0.6 is 15.9 Å². The normalized spacial score (nSPS) is 9.56. The SMILES string of the molecule is O=C(CBr)CC(=O)NC(=O)c1ccccc1. The molecule has 2 amide bonds. The lowest BCUT2D eigenvalue weighted by Crippen LogP contribution is -2.32. The van der Waals surface area contributed by atoms with Crippen LogP contribution in [0.2, 0.25) is 0 Å². The third kappa shape index (κ3) is 3.94. The van der Waals surface area contributed by atoms with Crippen LogP contribution in [-0.4, -0.2) is 22.9 Å². The molecule has 0 unspecified atom stereocenters. The van der Waals surface area contributed by atoms with E-state index >= 15 is 0 Å². The molecule has 0 saturated heterocycles. The molecule has 4 nitrogen and oxygen atoms in total. The maximum Gasteiger partial charge on any atom is 0.257 e. The van der Waals surface area contributed by atoms with Gasteiger partial charge in [-0.3, -0.25) is 19.7 Å². The molecule has 0 spiro atoms. The van der Waals surface area contributed by atoms with Gasteiger partial charge < -0.3 is 0 Å². The molecule has 1 N–H and O–H groups in total. The Bertz CT molecular complexity index is 403. The topological polar surface area (TPSA) is 63.2 Å². The summed E-state index contributed by atoms with van der Waals surface area (Å²) >= 11 is 2.94. The van der Waals surface area contributed by atoms with E-state index in [4.69, 9.17) is 0 Å². The van der Waals surface area contributed by atoms with Gasteiger partial charge in [0, 0.05) is 5.56 Å².